The molecule has 0 unspecified atom stereocenters. The van der Waals surface area contributed by atoms with Gasteiger partial charge in [-0.2, -0.15) is 0 Å². The second kappa shape index (κ2) is 10.7. The Morgan fingerprint density at radius 3 is 2.12 bits per heavy atom. The number of amides is 2. The van der Waals surface area contributed by atoms with Crippen LogP contribution in [0.5, 0.6) is 0 Å². The van der Waals surface area contributed by atoms with Crippen LogP contribution >= 0.6 is 0 Å². The molecule has 1 heterocycles. The zero-order valence-corrected chi connectivity index (χ0v) is 17.8. The van der Waals surface area contributed by atoms with Crippen LogP contribution in [-0.2, 0) is 9.47 Å². The summed E-state index contributed by atoms with van der Waals surface area (Å²) >= 11 is 0. The van der Waals surface area contributed by atoms with Crippen molar-refractivity contribution in [1.29, 1.82) is 0 Å². The van der Waals surface area contributed by atoms with Crippen molar-refractivity contribution in [3.63, 3.8) is 0 Å². The maximum absolute atomic E-state index is 12.4. The molecule has 0 radical (unpaired) electrons. The van der Waals surface area contributed by atoms with E-state index in [1.54, 1.807) is 68.5 Å². The van der Waals surface area contributed by atoms with Crippen LogP contribution < -0.4 is 10.6 Å². The summed E-state index contributed by atoms with van der Waals surface area (Å²) in [4.78, 5) is 39.9. The number of nitrogens with one attached hydrogen (secondary N) is 2. The summed E-state index contributed by atoms with van der Waals surface area (Å²) in [5.74, 6) is -0.191. The quantitative estimate of drug-likeness (QED) is 0.388. The van der Waals surface area contributed by atoms with E-state index in [0.717, 1.165) is 10.9 Å². The number of carbonyl (C=O) groups is 3. The van der Waals surface area contributed by atoms with E-state index in [2.05, 4.69) is 15.6 Å². The summed E-state index contributed by atoms with van der Waals surface area (Å²) < 4.78 is 9.69. The van der Waals surface area contributed by atoms with Gasteiger partial charge in [0.05, 0.1) is 24.4 Å². The molecule has 0 atom stereocenters. The molecular formula is C24H23N3O5. The van der Waals surface area contributed by atoms with Gasteiger partial charge in [0, 0.05) is 22.3 Å². The number of pyridine rings is 1. The molecule has 32 heavy (non-hydrogen) atoms. The number of anilines is 2. The fourth-order valence-corrected chi connectivity index (χ4v) is 2.86. The average Bonchev–Trinajstić information content (AvgIpc) is 2.78. The van der Waals surface area contributed by atoms with Gasteiger partial charge in [-0.1, -0.05) is 6.07 Å². The van der Waals surface area contributed by atoms with Gasteiger partial charge >= 0.3 is 12.2 Å². The third-order valence-electron chi connectivity index (χ3n) is 4.33. The molecule has 164 valence electrons. The Bertz CT molecular complexity index is 1160. The van der Waals surface area contributed by atoms with E-state index in [0.29, 0.717) is 29.2 Å². The van der Waals surface area contributed by atoms with Gasteiger partial charge in [0.2, 0.25) is 0 Å². The minimum atomic E-state index is -0.544. The Kier molecular flexibility index (Phi) is 7.53. The largest absolute Gasteiger partial charge is 0.450 e. The van der Waals surface area contributed by atoms with E-state index < -0.39 is 12.2 Å². The highest BCUT2D eigenvalue weighted by Crippen LogP contribution is 2.19. The molecule has 1 aromatic heterocycles. The smallest absolute Gasteiger partial charge is 0.411 e. The molecule has 3 rings (SSSR count). The third-order valence-corrected chi connectivity index (χ3v) is 4.33. The van der Waals surface area contributed by atoms with Gasteiger partial charge in [-0.05, 0) is 74.5 Å². The van der Waals surface area contributed by atoms with Crippen molar-refractivity contribution >= 4 is 46.3 Å². The SMILES string of the molecule is CCOC(=O)Nc1ccc(C(=O)/C=C/c2ccc3cc(NC(=O)OCC)ccc3n2)cc1. The Hall–Kier alpha value is -4.20. The van der Waals surface area contributed by atoms with Crippen LogP contribution in [0.4, 0.5) is 21.0 Å². The predicted molar refractivity (Wildman–Crippen MR) is 123 cm³/mol. The molecule has 0 spiro atoms. The minimum Gasteiger partial charge on any atom is -0.450 e. The van der Waals surface area contributed by atoms with Crippen LogP contribution in [0.25, 0.3) is 17.0 Å². The summed E-state index contributed by atoms with van der Waals surface area (Å²) in [5, 5.41) is 6.06. The molecule has 0 saturated heterocycles. The number of allylic oxidation sites excluding steroid dienone is 1. The Morgan fingerprint density at radius 2 is 1.47 bits per heavy atom. The highest BCUT2D eigenvalue weighted by molar-refractivity contribution is 6.07. The molecule has 3 aromatic rings. The second-order valence-electron chi connectivity index (χ2n) is 6.61. The van der Waals surface area contributed by atoms with E-state index in [1.165, 1.54) is 6.08 Å². The maximum Gasteiger partial charge on any atom is 0.411 e. The molecule has 0 saturated carbocycles. The van der Waals surface area contributed by atoms with Crippen LogP contribution in [0.2, 0.25) is 0 Å². The monoisotopic (exact) mass is 433 g/mol. The summed E-state index contributed by atoms with van der Waals surface area (Å²) in [6, 6.07) is 15.5. The standard InChI is InChI=1S/C24H23N3O5/c1-3-31-23(29)26-19-8-5-16(6-9-19)22(28)14-12-18-10-7-17-15-20(11-13-21(17)25-18)27-24(30)32-4-2/h5-15H,3-4H2,1-2H3,(H,26,29)(H,27,30)/b14-12+. The number of fused-ring (bicyclic) bond motifs is 1. The van der Waals surface area contributed by atoms with Crippen molar-refractivity contribution in [2.24, 2.45) is 0 Å². The van der Waals surface area contributed by atoms with Gasteiger partial charge in [-0.3, -0.25) is 15.4 Å². The van der Waals surface area contributed by atoms with Crippen LogP contribution in [0.3, 0.4) is 0 Å². The summed E-state index contributed by atoms with van der Waals surface area (Å²) in [6.45, 7) is 4.03. The minimum absolute atomic E-state index is 0.191. The van der Waals surface area contributed by atoms with Crippen LogP contribution in [0.15, 0.2) is 60.7 Å². The highest BCUT2D eigenvalue weighted by atomic mass is 16.6. The molecule has 8 nitrogen and oxygen atoms in total. The van der Waals surface area contributed by atoms with Gasteiger partial charge < -0.3 is 9.47 Å². The first kappa shape index (κ1) is 22.5. The Morgan fingerprint density at radius 1 is 0.844 bits per heavy atom. The van der Waals surface area contributed by atoms with E-state index >= 15 is 0 Å². The van der Waals surface area contributed by atoms with E-state index in [4.69, 9.17) is 9.47 Å². The van der Waals surface area contributed by atoms with Crippen LogP contribution in [-0.4, -0.2) is 36.2 Å². The lowest BCUT2D eigenvalue weighted by Gasteiger charge is -2.06. The number of aromatic nitrogens is 1. The second-order valence-corrected chi connectivity index (χ2v) is 6.61. The topological polar surface area (TPSA) is 107 Å². The molecule has 0 aliphatic carbocycles. The molecular weight excluding hydrogens is 410 g/mol. The molecule has 2 amide bonds. The lowest BCUT2D eigenvalue weighted by molar-refractivity contribution is 0.104. The van der Waals surface area contributed by atoms with E-state index in [1.807, 2.05) is 6.07 Å². The fraction of sp³-hybridized carbons (Fsp3) is 0.167. The van der Waals surface area contributed by atoms with E-state index in [-0.39, 0.29) is 12.4 Å². The van der Waals surface area contributed by atoms with Crippen molar-refractivity contribution < 1.29 is 23.9 Å². The maximum atomic E-state index is 12.4. The number of nitrogens with zero attached hydrogens (tertiary/aromatic N) is 1. The summed E-state index contributed by atoms with van der Waals surface area (Å²) in [7, 11) is 0. The van der Waals surface area contributed by atoms with Crippen molar-refractivity contribution in [1.82, 2.24) is 4.98 Å². The number of ketones is 1. The molecule has 0 aliphatic heterocycles. The van der Waals surface area contributed by atoms with Gasteiger partial charge in [0.15, 0.2) is 5.78 Å². The first-order valence-corrected chi connectivity index (χ1v) is 10.1. The molecule has 2 aromatic carbocycles. The lowest BCUT2D eigenvalue weighted by Crippen LogP contribution is -2.13. The Balaban J connectivity index is 1.66. The Labute approximate surface area is 185 Å². The van der Waals surface area contributed by atoms with Crippen LogP contribution in [0.1, 0.15) is 29.9 Å². The summed E-state index contributed by atoms with van der Waals surface area (Å²) in [6.07, 6.45) is 2.02. The average molecular weight is 433 g/mol. The number of hydrogen-bond acceptors (Lipinski definition) is 6. The number of rotatable bonds is 7. The van der Waals surface area contributed by atoms with Gasteiger partial charge in [0.25, 0.3) is 0 Å². The lowest BCUT2D eigenvalue weighted by atomic mass is 10.1. The number of hydrogen-bond donors (Lipinski definition) is 2. The molecule has 0 fully saturated rings. The van der Waals surface area contributed by atoms with Gasteiger partial charge in [0.1, 0.15) is 0 Å². The number of ether oxygens (including phenoxy) is 2. The molecule has 8 heteroatoms. The van der Waals surface area contributed by atoms with Crippen molar-refractivity contribution in [2.45, 2.75) is 13.8 Å². The molecule has 2 N–H and O–H groups in total. The normalized spacial score (nSPS) is 10.7. The fourth-order valence-electron chi connectivity index (χ4n) is 2.86. The van der Waals surface area contributed by atoms with E-state index in [9.17, 15) is 14.4 Å². The molecule has 0 bridgehead atoms. The predicted octanol–water partition coefficient (Wildman–Crippen LogP) is 5.27. The number of carbonyl (C=O) groups excluding carboxylic acids is 3. The highest BCUT2D eigenvalue weighted by Gasteiger charge is 2.06. The molecule has 0 aliphatic rings. The zero-order chi connectivity index (χ0) is 22.9. The zero-order valence-electron chi connectivity index (χ0n) is 17.8. The van der Waals surface area contributed by atoms with Gasteiger partial charge in [-0.25, -0.2) is 14.6 Å². The third kappa shape index (κ3) is 6.15. The van der Waals surface area contributed by atoms with Crippen LogP contribution in [0, 0.1) is 0 Å². The van der Waals surface area contributed by atoms with Crippen molar-refractivity contribution in [2.75, 3.05) is 23.8 Å². The first-order chi connectivity index (χ1) is 15.5. The number of benzene rings is 2. The van der Waals surface area contributed by atoms with Crippen molar-refractivity contribution in [3.05, 3.63) is 71.9 Å². The van der Waals surface area contributed by atoms with Crippen molar-refractivity contribution in [3.8, 4) is 0 Å². The first-order valence-electron chi connectivity index (χ1n) is 10.1. The summed E-state index contributed by atoms with van der Waals surface area (Å²) in [5.41, 5.74) is 2.97. The van der Waals surface area contributed by atoms with Gasteiger partial charge in [-0.15, -0.1) is 0 Å².